The minimum absolute atomic E-state index is 0.127. The molecule has 0 aliphatic rings. The van der Waals surface area contributed by atoms with Crippen LogP contribution in [0.1, 0.15) is 30.7 Å². The first-order valence-electron chi connectivity index (χ1n) is 6.55. The summed E-state index contributed by atoms with van der Waals surface area (Å²) in [6.07, 6.45) is 1.62. The molecule has 114 valence electrons. The third-order valence-electron chi connectivity index (χ3n) is 3.04. The lowest BCUT2D eigenvalue weighted by Crippen LogP contribution is -2.28. The van der Waals surface area contributed by atoms with Crippen LogP contribution in [0.4, 0.5) is 5.69 Å². The summed E-state index contributed by atoms with van der Waals surface area (Å²) >= 11 is 7.37. The lowest BCUT2D eigenvalue weighted by molar-refractivity contribution is 0.540. The molecule has 0 radical (unpaired) electrons. The molecule has 3 N–H and O–H groups in total. The molecule has 0 fully saturated rings. The van der Waals surface area contributed by atoms with Gasteiger partial charge in [0.15, 0.2) is 0 Å². The minimum atomic E-state index is -3.63. The zero-order valence-electron chi connectivity index (χ0n) is 11.5. The van der Waals surface area contributed by atoms with E-state index in [1.165, 1.54) is 29.5 Å². The lowest BCUT2D eigenvalue weighted by atomic mass is 10.1. The summed E-state index contributed by atoms with van der Waals surface area (Å²) in [7, 11) is -3.63. The molecule has 0 aliphatic heterocycles. The van der Waals surface area contributed by atoms with Crippen molar-refractivity contribution in [3.63, 3.8) is 0 Å². The maximum Gasteiger partial charge on any atom is 0.241 e. The van der Waals surface area contributed by atoms with E-state index in [2.05, 4.69) is 4.72 Å². The average molecular weight is 345 g/mol. The van der Waals surface area contributed by atoms with Crippen LogP contribution in [0.15, 0.2) is 40.6 Å². The predicted octanol–water partition coefficient (Wildman–Crippen LogP) is 3.80. The zero-order chi connectivity index (χ0) is 15.5. The molecule has 1 aromatic heterocycles. The molecule has 0 aliphatic carbocycles. The predicted molar refractivity (Wildman–Crippen MR) is 88.2 cm³/mol. The van der Waals surface area contributed by atoms with Crippen molar-refractivity contribution in [3.05, 3.63) is 45.6 Å². The molecular weight excluding hydrogens is 328 g/mol. The Morgan fingerprint density at radius 2 is 2.14 bits per heavy atom. The van der Waals surface area contributed by atoms with Gasteiger partial charge >= 0.3 is 0 Å². The van der Waals surface area contributed by atoms with Crippen LogP contribution >= 0.6 is 22.9 Å². The van der Waals surface area contributed by atoms with Crippen LogP contribution in [0.5, 0.6) is 0 Å². The first-order valence-corrected chi connectivity index (χ1v) is 9.29. The van der Waals surface area contributed by atoms with Crippen molar-refractivity contribution in [1.29, 1.82) is 0 Å². The molecule has 0 saturated heterocycles. The summed E-state index contributed by atoms with van der Waals surface area (Å²) < 4.78 is 27.7. The van der Waals surface area contributed by atoms with E-state index in [1.807, 2.05) is 24.4 Å². The third kappa shape index (κ3) is 3.97. The highest BCUT2D eigenvalue weighted by atomic mass is 35.5. The molecular formula is C14H17ClN2O2S2. The van der Waals surface area contributed by atoms with Gasteiger partial charge in [0.25, 0.3) is 0 Å². The summed E-state index contributed by atoms with van der Waals surface area (Å²) in [6.45, 7) is 2.02. The van der Waals surface area contributed by atoms with Crippen molar-refractivity contribution in [2.24, 2.45) is 0 Å². The number of hydrogen-bond donors (Lipinski definition) is 2. The summed E-state index contributed by atoms with van der Waals surface area (Å²) in [5.41, 5.74) is 5.93. The van der Waals surface area contributed by atoms with E-state index in [4.69, 9.17) is 17.3 Å². The number of anilines is 1. The van der Waals surface area contributed by atoms with Crippen molar-refractivity contribution in [2.75, 3.05) is 5.73 Å². The van der Waals surface area contributed by atoms with Gasteiger partial charge in [0.05, 0.1) is 21.6 Å². The molecule has 4 nitrogen and oxygen atoms in total. The van der Waals surface area contributed by atoms with E-state index in [0.29, 0.717) is 5.02 Å². The molecule has 2 rings (SSSR count). The van der Waals surface area contributed by atoms with Gasteiger partial charge in [0.2, 0.25) is 10.0 Å². The summed E-state index contributed by atoms with van der Waals surface area (Å²) in [6, 6.07) is 7.95. The zero-order valence-corrected chi connectivity index (χ0v) is 13.9. The van der Waals surface area contributed by atoms with Crippen LogP contribution in [0.25, 0.3) is 0 Å². The first kappa shape index (κ1) is 16.3. The van der Waals surface area contributed by atoms with Gasteiger partial charge in [-0.15, -0.1) is 11.3 Å². The average Bonchev–Trinajstić information content (AvgIpc) is 2.95. The van der Waals surface area contributed by atoms with Gasteiger partial charge in [-0.3, -0.25) is 0 Å². The van der Waals surface area contributed by atoms with Gasteiger partial charge in [-0.25, -0.2) is 13.1 Å². The molecule has 1 unspecified atom stereocenters. The first-order chi connectivity index (χ1) is 9.94. The fourth-order valence-corrected chi connectivity index (χ4v) is 4.27. The Morgan fingerprint density at radius 1 is 1.38 bits per heavy atom. The van der Waals surface area contributed by atoms with E-state index in [9.17, 15) is 8.42 Å². The van der Waals surface area contributed by atoms with Gasteiger partial charge in [0.1, 0.15) is 0 Å². The quantitative estimate of drug-likeness (QED) is 0.783. The van der Waals surface area contributed by atoms with Crippen LogP contribution in [0.3, 0.4) is 0 Å². The number of benzene rings is 1. The Hall–Kier alpha value is -1.08. The summed E-state index contributed by atoms with van der Waals surface area (Å²) in [5.74, 6) is 0. The van der Waals surface area contributed by atoms with Crippen molar-refractivity contribution < 1.29 is 8.42 Å². The maximum absolute atomic E-state index is 12.5. The van der Waals surface area contributed by atoms with E-state index in [1.54, 1.807) is 0 Å². The van der Waals surface area contributed by atoms with Gasteiger partial charge in [-0.05, 0) is 36.1 Å². The van der Waals surface area contributed by atoms with Crippen molar-refractivity contribution in [1.82, 2.24) is 4.72 Å². The largest absolute Gasteiger partial charge is 0.397 e. The Kier molecular flexibility index (Phi) is 5.27. The minimum Gasteiger partial charge on any atom is -0.397 e. The van der Waals surface area contributed by atoms with E-state index >= 15 is 0 Å². The molecule has 21 heavy (non-hydrogen) atoms. The monoisotopic (exact) mass is 344 g/mol. The molecule has 0 bridgehead atoms. The normalized spacial score (nSPS) is 13.2. The van der Waals surface area contributed by atoms with Crippen LogP contribution in [0.2, 0.25) is 5.02 Å². The van der Waals surface area contributed by atoms with E-state index in [0.717, 1.165) is 17.7 Å². The number of nitrogens with two attached hydrogens (primary N) is 1. The molecule has 1 atom stereocenters. The summed E-state index contributed by atoms with van der Waals surface area (Å²) in [4.78, 5) is 1.13. The van der Waals surface area contributed by atoms with Crippen LogP contribution in [-0.2, 0) is 10.0 Å². The van der Waals surface area contributed by atoms with Crippen molar-refractivity contribution >= 4 is 38.6 Å². The Labute approximate surface area is 134 Å². The standard InChI is InChI=1S/C14H17ClN2O2S2/c1-2-4-13(14-5-3-8-20-14)17-21(18,19)10-6-7-11(15)12(16)9-10/h3,5-9,13,17H,2,4,16H2,1H3. The number of nitrogens with one attached hydrogen (secondary N) is 1. The third-order valence-corrected chi connectivity index (χ3v) is 5.84. The molecule has 1 aromatic carbocycles. The Morgan fingerprint density at radius 3 is 2.71 bits per heavy atom. The van der Waals surface area contributed by atoms with Gasteiger partial charge in [-0.2, -0.15) is 0 Å². The molecule has 1 heterocycles. The highest BCUT2D eigenvalue weighted by molar-refractivity contribution is 7.89. The fraction of sp³-hybridized carbons (Fsp3) is 0.286. The Bertz CT molecular complexity index is 700. The number of sulfonamides is 1. The van der Waals surface area contributed by atoms with Crippen molar-refractivity contribution in [3.8, 4) is 0 Å². The van der Waals surface area contributed by atoms with Crippen LogP contribution < -0.4 is 10.5 Å². The molecule has 0 spiro atoms. The number of thiophene rings is 1. The molecule has 0 amide bonds. The SMILES string of the molecule is CCCC(NS(=O)(=O)c1ccc(Cl)c(N)c1)c1cccs1. The molecule has 2 aromatic rings. The van der Waals surface area contributed by atoms with Gasteiger partial charge < -0.3 is 5.73 Å². The number of hydrogen-bond acceptors (Lipinski definition) is 4. The highest BCUT2D eigenvalue weighted by Crippen LogP contribution is 2.27. The lowest BCUT2D eigenvalue weighted by Gasteiger charge is -2.17. The Balaban J connectivity index is 2.28. The smallest absolute Gasteiger partial charge is 0.241 e. The fourth-order valence-electron chi connectivity index (χ4n) is 1.98. The molecule has 7 heteroatoms. The second kappa shape index (κ2) is 6.79. The van der Waals surface area contributed by atoms with Gasteiger partial charge in [-0.1, -0.05) is 31.0 Å². The number of halogens is 1. The van der Waals surface area contributed by atoms with Gasteiger partial charge in [0, 0.05) is 4.88 Å². The molecule has 0 saturated carbocycles. The number of nitrogen functional groups attached to an aromatic ring is 1. The highest BCUT2D eigenvalue weighted by Gasteiger charge is 2.22. The second-order valence-electron chi connectivity index (χ2n) is 4.66. The van der Waals surface area contributed by atoms with Crippen LogP contribution in [-0.4, -0.2) is 8.42 Å². The maximum atomic E-state index is 12.5. The van der Waals surface area contributed by atoms with Crippen LogP contribution in [0, 0.1) is 0 Å². The van der Waals surface area contributed by atoms with Crippen molar-refractivity contribution in [2.45, 2.75) is 30.7 Å². The number of rotatable bonds is 6. The second-order valence-corrected chi connectivity index (χ2v) is 7.76. The summed E-state index contributed by atoms with van der Waals surface area (Å²) in [5, 5.41) is 2.28. The van der Waals surface area contributed by atoms with E-state index in [-0.39, 0.29) is 16.6 Å². The van der Waals surface area contributed by atoms with E-state index < -0.39 is 10.0 Å². The topological polar surface area (TPSA) is 72.2 Å².